The molecule has 0 saturated heterocycles. The Morgan fingerprint density at radius 2 is 1.96 bits per heavy atom. The molecule has 0 aliphatic heterocycles. The molecule has 126 valence electrons. The van der Waals surface area contributed by atoms with Gasteiger partial charge in [0, 0.05) is 31.7 Å². The van der Waals surface area contributed by atoms with Crippen LogP contribution in [0.25, 0.3) is 0 Å². The van der Waals surface area contributed by atoms with Gasteiger partial charge in [-0.2, -0.15) is 0 Å². The van der Waals surface area contributed by atoms with Crippen LogP contribution in [-0.4, -0.2) is 35.0 Å². The van der Waals surface area contributed by atoms with E-state index in [9.17, 15) is 9.90 Å². The monoisotopic (exact) mass is 344 g/mol. The predicted octanol–water partition coefficient (Wildman–Crippen LogP) is 2.66. The highest BCUT2D eigenvalue weighted by molar-refractivity contribution is 7.98. The molecule has 3 rings (SSSR count). The number of nitrogens with one attached hydrogen (secondary N) is 1. The highest BCUT2D eigenvalue weighted by Crippen LogP contribution is 2.34. The third-order valence-electron chi connectivity index (χ3n) is 4.43. The zero-order valence-corrected chi connectivity index (χ0v) is 14.5. The third kappa shape index (κ3) is 3.05. The van der Waals surface area contributed by atoms with Gasteiger partial charge in [-0.3, -0.25) is 10.1 Å². The number of hydrogen-bond donors (Lipinski definition) is 2. The largest absolute Gasteiger partial charge is 0.480 e. The van der Waals surface area contributed by atoms with Gasteiger partial charge in [0.1, 0.15) is 16.8 Å². The van der Waals surface area contributed by atoms with Crippen molar-refractivity contribution >= 4 is 17.7 Å². The number of carboxylic acid groups (broad SMARTS) is 1. The number of carbonyl (C=O) groups is 1. The number of hydrogen-bond acceptors (Lipinski definition) is 5. The fourth-order valence-corrected chi connectivity index (χ4v) is 3.80. The molecule has 1 heterocycles. The summed E-state index contributed by atoms with van der Waals surface area (Å²) in [5.41, 5.74) is 1.91. The first kappa shape index (κ1) is 17.0. The van der Waals surface area contributed by atoms with Crippen molar-refractivity contribution in [2.24, 2.45) is 0 Å². The van der Waals surface area contributed by atoms with E-state index in [1.54, 1.807) is 13.3 Å². The lowest BCUT2D eigenvalue weighted by atomic mass is 9.95. The molecule has 0 fully saturated rings. The second-order valence-corrected chi connectivity index (χ2v) is 6.67. The molecule has 0 radical (unpaired) electrons. The van der Waals surface area contributed by atoms with Crippen molar-refractivity contribution in [1.29, 1.82) is 0 Å². The standard InChI is InChI=1S/C18H20N2O3S/c1-23-15(14-8-5-9-19-16(14)24-2)20-18(17(21)22)10-12-6-3-4-7-13(12)11-18/h3-9,15,20H,10-11H2,1-2H3,(H,21,22). The molecule has 1 aromatic heterocycles. The quantitative estimate of drug-likeness (QED) is 0.620. The zero-order valence-electron chi connectivity index (χ0n) is 13.7. The molecule has 1 aliphatic carbocycles. The number of thioether (sulfide) groups is 1. The van der Waals surface area contributed by atoms with Gasteiger partial charge in [0.15, 0.2) is 0 Å². The summed E-state index contributed by atoms with van der Waals surface area (Å²) >= 11 is 1.51. The molecule has 5 nitrogen and oxygen atoms in total. The number of ether oxygens (including phenoxy) is 1. The Morgan fingerprint density at radius 3 is 2.50 bits per heavy atom. The summed E-state index contributed by atoms with van der Waals surface area (Å²) in [6.07, 6.45) is 4.00. The molecule has 1 unspecified atom stereocenters. The average Bonchev–Trinajstić information content (AvgIpc) is 2.99. The van der Waals surface area contributed by atoms with Crippen LogP contribution in [0.3, 0.4) is 0 Å². The van der Waals surface area contributed by atoms with Crippen LogP contribution in [-0.2, 0) is 22.4 Å². The van der Waals surface area contributed by atoms with Gasteiger partial charge in [0.2, 0.25) is 0 Å². The summed E-state index contributed by atoms with van der Waals surface area (Å²) in [6.45, 7) is 0. The molecule has 2 N–H and O–H groups in total. The van der Waals surface area contributed by atoms with E-state index in [4.69, 9.17) is 4.74 Å². The Kier molecular flexibility index (Phi) is 4.89. The lowest BCUT2D eigenvalue weighted by Gasteiger charge is -2.31. The summed E-state index contributed by atoms with van der Waals surface area (Å²) in [4.78, 5) is 16.4. The van der Waals surface area contributed by atoms with Crippen molar-refractivity contribution in [2.45, 2.75) is 29.6 Å². The predicted molar refractivity (Wildman–Crippen MR) is 93.1 cm³/mol. The number of pyridine rings is 1. The highest BCUT2D eigenvalue weighted by atomic mass is 32.2. The summed E-state index contributed by atoms with van der Waals surface area (Å²) in [5, 5.41) is 14.0. The van der Waals surface area contributed by atoms with Gasteiger partial charge in [-0.25, -0.2) is 4.98 Å². The Balaban J connectivity index is 1.92. The second kappa shape index (κ2) is 6.93. The van der Waals surface area contributed by atoms with Crippen LogP contribution in [0.15, 0.2) is 47.6 Å². The van der Waals surface area contributed by atoms with Gasteiger partial charge in [-0.15, -0.1) is 11.8 Å². The van der Waals surface area contributed by atoms with Crippen LogP contribution in [0.1, 0.15) is 22.9 Å². The van der Waals surface area contributed by atoms with Crippen molar-refractivity contribution < 1.29 is 14.6 Å². The van der Waals surface area contributed by atoms with E-state index in [2.05, 4.69) is 10.3 Å². The van der Waals surface area contributed by atoms with Crippen molar-refractivity contribution in [3.05, 3.63) is 59.3 Å². The molecule has 24 heavy (non-hydrogen) atoms. The number of fused-ring (bicyclic) bond motifs is 1. The molecule has 0 spiro atoms. The smallest absolute Gasteiger partial charge is 0.324 e. The van der Waals surface area contributed by atoms with Gasteiger partial charge in [-0.1, -0.05) is 30.3 Å². The van der Waals surface area contributed by atoms with E-state index in [1.807, 2.05) is 42.7 Å². The average molecular weight is 344 g/mol. The van der Waals surface area contributed by atoms with Crippen LogP contribution in [0, 0.1) is 0 Å². The minimum absolute atomic E-state index is 0.438. The first-order valence-electron chi connectivity index (χ1n) is 7.69. The molecular formula is C18H20N2O3S. The number of benzene rings is 1. The Morgan fingerprint density at radius 1 is 1.29 bits per heavy atom. The minimum Gasteiger partial charge on any atom is -0.480 e. The lowest BCUT2D eigenvalue weighted by molar-refractivity contribution is -0.146. The maximum Gasteiger partial charge on any atom is 0.324 e. The van der Waals surface area contributed by atoms with Gasteiger partial charge < -0.3 is 9.84 Å². The number of rotatable bonds is 6. The topological polar surface area (TPSA) is 71.5 Å². The van der Waals surface area contributed by atoms with Crippen LogP contribution in [0.2, 0.25) is 0 Å². The minimum atomic E-state index is -1.07. The van der Waals surface area contributed by atoms with E-state index in [1.165, 1.54) is 11.8 Å². The third-order valence-corrected chi connectivity index (χ3v) is 5.16. The van der Waals surface area contributed by atoms with Crippen molar-refractivity contribution in [1.82, 2.24) is 10.3 Å². The van der Waals surface area contributed by atoms with E-state index in [-0.39, 0.29) is 0 Å². The van der Waals surface area contributed by atoms with Crippen LogP contribution < -0.4 is 5.32 Å². The van der Waals surface area contributed by atoms with Crippen LogP contribution in [0.4, 0.5) is 0 Å². The fourth-order valence-electron chi connectivity index (χ4n) is 3.22. The van der Waals surface area contributed by atoms with Gasteiger partial charge >= 0.3 is 5.97 Å². The molecule has 1 aromatic carbocycles. The summed E-state index contributed by atoms with van der Waals surface area (Å²) in [5.74, 6) is -0.865. The Bertz CT molecular complexity index is 726. The summed E-state index contributed by atoms with van der Waals surface area (Å²) < 4.78 is 5.59. The van der Waals surface area contributed by atoms with E-state index in [0.29, 0.717) is 12.8 Å². The number of aromatic nitrogens is 1. The maximum absolute atomic E-state index is 12.1. The first-order valence-corrected chi connectivity index (χ1v) is 8.91. The van der Waals surface area contributed by atoms with Crippen molar-refractivity contribution in [2.75, 3.05) is 13.4 Å². The summed E-state index contributed by atoms with van der Waals surface area (Å²) in [7, 11) is 1.58. The van der Waals surface area contributed by atoms with Crippen molar-refractivity contribution in [3.8, 4) is 0 Å². The SMILES string of the molecule is COC(NC1(C(=O)O)Cc2ccccc2C1)c1cccnc1SC. The Hall–Kier alpha value is -1.89. The molecule has 1 atom stereocenters. The highest BCUT2D eigenvalue weighted by Gasteiger charge is 2.45. The molecular weight excluding hydrogens is 324 g/mol. The molecule has 6 heteroatoms. The number of methoxy groups -OCH3 is 1. The van der Waals surface area contributed by atoms with Gasteiger partial charge in [0.25, 0.3) is 0 Å². The number of nitrogens with zero attached hydrogens (tertiary/aromatic N) is 1. The normalized spacial score (nSPS) is 16.6. The molecule has 0 bridgehead atoms. The lowest BCUT2D eigenvalue weighted by Crippen LogP contribution is -2.54. The van der Waals surface area contributed by atoms with E-state index < -0.39 is 17.7 Å². The van der Waals surface area contributed by atoms with Gasteiger partial charge in [-0.05, 0) is 23.4 Å². The van der Waals surface area contributed by atoms with Gasteiger partial charge in [0.05, 0.1) is 0 Å². The van der Waals surface area contributed by atoms with Crippen LogP contribution >= 0.6 is 11.8 Å². The second-order valence-electron chi connectivity index (χ2n) is 5.87. The first-order chi connectivity index (χ1) is 11.6. The molecule has 2 aromatic rings. The number of carboxylic acids is 1. The van der Waals surface area contributed by atoms with Crippen molar-refractivity contribution in [3.63, 3.8) is 0 Å². The molecule has 0 saturated carbocycles. The number of aliphatic carboxylic acids is 1. The fraction of sp³-hybridized carbons (Fsp3) is 0.333. The zero-order chi connectivity index (χ0) is 17.2. The molecule has 0 amide bonds. The summed E-state index contributed by atoms with van der Waals surface area (Å²) in [6, 6.07) is 11.6. The Labute approximate surface area is 145 Å². The maximum atomic E-state index is 12.1. The van der Waals surface area contributed by atoms with E-state index in [0.717, 1.165) is 21.7 Å². The van der Waals surface area contributed by atoms with E-state index >= 15 is 0 Å². The molecule has 1 aliphatic rings. The van der Waals surface area contributed by atoms with Crippen LogP contribution in [0.5, 0.6) is 0 Å².